The molecule has 4 rings (SSSR count). The van der Waals surface area contributed by atoms with E-state index in [1.807, 2.05) is 0 Å². The summed E-state index contributed by atoms with van der Waals surface area (Å²) in [5.41, 5.74) is -3.88. The number of likely N-dealkylation sites (tertiary alicyclic amines) is 1. The summed E-state index contributed by atoms with van der Waals surface area (Å²) in [4.78, 5) is 15.1. The molecule has 0 spiro atoms. The minimum atomic E-state index is -5.96. The second-order valence-electron chi connectivity index (χ2n) is 9.92. The molecule has 2 aliphatic rings. The Morgan fingerprint density at radius 3 is 2.15 bits per heavy atom. The second kappa shape index (κ2) is 11.2. The Morgan fingerprint density at radius 1 is 0.975 bits per heavy atom. The Balaban J connectivity index is 1.70. The maximum absolute atomic E-state index is 13.8. The van der Waals surface area contributed by atoms with Gasteiger partial charge in [-0.15, -0.1) is 0 Å². The third-order valence-corrected chi connectivity index (χ3v) is 7.41. The van der Waals surface area contributed by atoms with Crippen LogP contribution >= 0.6 is 0 Å². The molecule has 216 valence electrons. The zero-order chi connectivity index (χ0) is 29.3. The summed E-state index contributed by atoms with van der Waals surface area (Å²) in [6, 6.07) is 15.5. The molecule has 0 bridgehead atoms. The first-order valence-corrected chi connectivity index (χ1v) is 12.7. The number of amides is 1. The maximum Gasteiger partial charge on any atom is 0.426 e. The van der Waals surface area contributed by atoms with Crippen molar-refractivity contribution in [1.82, 2.24) is 4.90 Å². The maximum atomic E-state index is 13.8. The van der Waals surface area contributed by atoms with Crippen molar-refractivity contribution in [2.24, 2.45) is 5.92 Å². The number of hydrogen-bond acceptors (Lipinski definition) is 4. The number of methoxy groups -OCH3 is 1. The first kappa shape index (κ1) is 29.5. The van der Waals surface area contributed by atoms with Gasteiger partial charge >= 0.3 is 12.4 Å². The molecule has 0 saturated carbocycles. The molecule has 5 nitrogen and oxygen atoms in total. The topological polar surface area (TPSA) is 59.0 Å². The predicted molar refractivity (Wildman–Crippen MR) is 135 cm³/mol. The SMILES string of the molecule is COc1ccc(O[C@H]2CCC3=CC(C(O)(C(F)(F)F)C(F)(F)F)CC=C3N(C(=O)[C@@H](C)c3ccccc3)C2)cc1. The lowest BCUT2D eigenvalue weighted by Crippen LogP contribution is -2.61. The van der Waals surface area contributed by atoms with Gasteiger partial charge in [0, 0.05) is 11.6 Å². The van der Waals surface area contributed by atoms with Crippen molar-refractivity contribution in [3.05, 3.63) is 83.6 Å². The number of allylic oxidation sites excluding steroid dienone is 2. The summed E-state index contributed by atoms with van der Waals surface area (Å²) in [7, 11) is 1.51. The molecule has 1 fully saturated rings. The molecule has 1 aliphatic heterocycles. The van der Waals surface area contributed by atoms with E-state index in [-0.39, 0.29) is 36.6 Å². The monoisotopic (exact) mass is 569 g/mol. The minimum absolute atomic E-state index is 0.0265. The Bertz CT molecular complexity index is 1240. The van der Waals surface area contributed by atoms with E-state index in [1.165, 1.54) is 18.1 Å². The van der Waals surface area contributed by atoms with Crippen LogP contribution in [0, 0.1) is 5.92 Å². The van der Waals surface area contributed by atoms with Gasteiger partial charge in [-0.1, -0.05) is 42.5 Å². The average Bonchev–Trinajstić information content (AvgIpc) is 3.10. The van der Waals surface area contributed by atoms with Gasteiger partial charge < -0.3 is 19.5 Å². The fourth-order valence-electron chi connectivity index (χ4n) is 5.11. The van der Waals surface area contributed by atoms with E-state index in [9.17, 15) is 36.2 Å². The fourth-order valence-corrected chi connectivity index (χ4v) is 5.11. The average molecular weight is 570 g/mol. The number of rotatable bonds is 6. The van der Waals surface area contributed by atoms with Crippen molar-refractivity contribution in [1.29, 1.82) is 0 Å². The van der Waals surface area contributed by atoms with E-state index in [0.29, 0.717) is 17.1 Å². The Morgan fingerprint density at radius 2 is 1.57 bits per heavy atom. The number of benzene rings is 2. The lowest BCUT2D eigenvalue weighted by atomic mass is 9.78. The summed E-state index contributed by atoms with van der Waals surface area (Å²) in [5, 5.41) is 10.0. The summed E-state index contributed by atoms with van der Waals surface area (Å²) in [6.45, 7) is 1.71. The standard InChI is InChI=1S/C29H29F6NO4/c1-18(19-6-4-3-5-7-19)26(37)36-17-24(40-23-13-11-22(39-2)12-14-23)10-8-20-16-21(9-15-25(20)36)27(38,28(30,31)32)29(33,34)35/h3-7,11-16,18,21,24,38H,8-10,17H2,1-2H3/t18-,21?,24-/m0/s1. The lowest BCUT2D eigenvalue weighted by molar-refractivity contribution is -0.380. The Labute approximate surface area is 227 Å². The number of carbonyl (C=O) groups excluding carboxylic acids is 1. The Kier molecular flexibility index (Phi) is 8.26. The molecule has 0 aromatic heterocycles. The molecule has 1 heterocycles. The van der Waals surface area contributed by atoms with Crippen molar-refractivity contribution in [3.8, 4) is 11.5 Å². The quantitative estimate of drug-likeness (QED) is 0.401. The number of nitrogens with zero attached hydrogens (tertiary/aromatic N) is 1. The normalized spacial score (nSPS) is 21.0. The van der Waals surface area contributed by atoms with Gasteiger partial charge in [-0.25, -0.2) is 0 Å². The molecule has 1 aliphatic carbocycles. The highest BCUT2D eigenvalue weighted by molar-refractivity contribution is 5.85. The molecule has 1 saturated heterocycles. The van der Waals surface area contributed by atoms with Gasteiger partial charge in [0.15, 0.2) is 0 Å². The Hall–Kier alpha value is -3.47. The van der Waals surface area contributed by atoms with E-state index >= 15 is 0 Å². The number of carbonyl (C=O) groups is 1. The van der Waals surface area contributed by atoms with Gasteiger partial charge in [0.25, 0.3) is 5.60 Å². The van der Waals surface area contributed by atoms with Crippen molar-refractivity contribution < 1.29 is 45.7 Å². The van der Waals surface area contributed by atoms with Crippen LogP contribution < -0.4 is 9.47 Å². The van der Waals surface area contributed by atoms with E-state index in [0.717, 1.165) is 6.08 Å². The van der Waals surface area contributed by atoms with Gasteiger partial charge in [0.2, 0.25) is 5.91 Å². The molecule has 1 amide bonds. The first-order valence-electron chi connectivity index (χ1n) is 12.7. The highest BCUT2D eigenvalue weighted by atomic mass is 19.4. The van der Waals surface area contributed by atoms with Crippen LogP contribution in [0.1, 0.15) is 37.7 Å². The predicted octanol–water partition coefficient (Wildman–Crippen LogP) is 6.55. The number of alkyl halides is 6. The molecule has 1 unspecified atom stereocenters. The summed E-state index contributed by atoms with van der Waals surface area (Å²) in [6.07, 6.45) is -11.0. The molecule has 0 radical (unpaired) electrons. The van der Waals surface area contributed by atoms with Gasteiger partial charge in [-0.05, 0) is 61.6 Å². The van der Waals surface area contributed by atoms with E-state index in [2.05, 4.69) is 0 Å². The molecule has 11 heteroatoms. The number of ether oxygens (including phenoxy) is 2. The van der Waals surface area contributed by atoms with Crippen LogP contribution in [-0.4, -0.2) is 53.6 Å². The zero-order valence-corrected chi connectivity index (χ0v) is 21.8. The molecule has 40 heavy (non-hydrogen) atoms. The largest absolute Gasteiger partial charge is 0.497 e. The second-order valence-corrected chi connectivity index (χ2v) is 9.92. The number of halogens is 6. The highest BCUT2D eigenvalue weighted by Crippen LogP contribution is 2.51. The van der Waals surface area contributed by atoms with Gasteiger partial charge in [-0.3, -0.25) is 4.79 Å². The van der Waals surface area contributed by atoms with Gasteiger partial charge in [-0.2, -0.15) is 26.3 Å². The van der Waals surface area contributed by atoms with Gasteiger partial charge in [0.05, 0.1) is 19.6 Å². The van der Waals surface area contributed by atoms with E-state index in [1.54, 1.807) is 61.5 Å². The van der Waals surface area contributed by atoms with Crippen LogP contribution in [0.4, 0.5) is 26.3 Å². The lowest BCUT2D eigenvalue weighted by Gasteiger charge is -2.39. The fraction of sp³-hybridized carbons (Fsp3) is 0.414. The zero-order valence-electron chi connectivity index (χ0n) is 21.8. The van der Waals surface area contributed by atoms with Crippen molar-refractivity contribution in [2.75, 3.05) is 13.7 Å². The molecule has 2 aromatic rings. The summed E-state index contributed by atoms with van der Waals surface area (Å²) < 4.78 is 93.0. The first-order chi connectivity index (χ1) is 18.8. The third kappa shape index (κ3) is 5.70. The van der Waals surface area contributed by atoms with E-state index in [4.69, 9.17) is 9.47 Å². The van der Waals surface area contributed by atoms with Crippen LogP contribution in [0.3, 0.4) is 0 Å². The summed E-state index contributed by atoms with van der Waals surface area (Å²) in [5.74, 6) is -2.29. The number of aliphatic hydroxyl groups is 1. The highest BCUT2D eigenvalue weighted by Gasteiger charge is 2.73. The number of fused-ring (bicyclic) bond motifs is 1. The van der Waals surface area contributed by atoms with Crippen LogP contribution in [0.5, 0.6) is 11.5 Å². The van der Waals surface area contributed by atoms with Crippen molar-refractivity contribution >= 4 is 5.91 Å². The van der Waals surface area contributed by atoms with Crippen molar-refractivity contribution in [3.63, 3.8) is 0 Å². The molecule has 2 aromatic carbocycles. The molecule has 3 atom stereocenters. The summed E-state index contributed by atoms with van der Waals surface area (Å²) >= 11 is 0. The van der Waals surface area contributed by atoms with Crippen LogP contribution in [0.25, 0.3) is 0 Å². The van der Waals surface area contributed by atoms with Crippen LogP contribution in [0.15, 0.2) is 78.0 Å². The van der Waals surface area contributed by atoms with E-state index < -0.39 is 42.3 Å². The molecule has 1 N–H and O–H groups in total. The van der Waals surface area contributed by atoms with Gasteiger partial charge in [0.1, 0.15) is 17.6 Å². The van der Waals surface area contributed by atoms with Crippen LogP contribution in [0.2, 0.25) is 0 Å². The van der Waals surface area contributed by atoms with Crippen molar-refractivity contribution in [2.45, 2.75) is 56.2 Å². The van der Waals surface area contributed by atoms with Crippen LogP contribution in [-0.2, 0) is 4.79 Å². The smallest absolute Gasteiger partial charge is 0.426 e. The third-order valence-electron chi connectivity index (χ3n) is 7.41. The molecular weight excluding hydrogens is 540 g/mol. The number of hydrogen-bond donors (Lipinski definition) is 1. The molecular formula is C29H29F6NO4. The minimum Gasteiger partial charge on any atom is -0.497 e.